The minimum Gasteiger partial charge on any atom is -0.444 e. The minimum atomic E-state index is -1.23. The Hall–Kier alpha value is -2.61. The minimum absolute atomic E-state index is 0.260. The van der Waals surface area contributed by atoms with Gasteiger partial charge in [-0.15, -0.1) is 0 Å². The van der Waals surface area contributed by atoms with Crippen molar-refractivity contribution in [3.8, 4) is 0 Å². The molecule has 2 unspecified atom stereocenters. The molecule has 0 radical (unpaired) electrons. The van der Waals surface area contributed by atoms with E-state index in [0.717, 1.165) is 61.6 Å². The van der Waals surface area contributed by atoms with E-state index in [9.17, 15) is 19.5 Å². The molecule has 0 fully saturated rings. The second-order valence-electron chi connectivity index (χ2n) is 11.1. The first kappa shape index (κ1) is 33.4. The first-order chi connectivity index (χ1) is 17.9. The maximum Gasteiger partial charge on any atom is 0.408 e. The van der Waals surface area contributed by atoms with Gasteiger partial charge in [-0.25, -0.2) is 4.79 Å². The molecule has 3 N–H and O–H groups in total. The van der Waals surface area contributed by atoms with Crippen LogP contribution in [0.5, 0.6) is 0 Å². The fourth-order valence-electron chi connectivity index (χ4n) is 4.35. The number of carbonyl (C=O) groups is 3. The Bertz CT molecular complexity index is 881. The van der Waals surface area contributed by atoms with Gasteiger partial charge in [0.15, 0.2) is 0 Å². The van der Waals surface area contributed by atoms with Crippen LogP contribution in [0.3, 0.4) is 0 Å². The third-order valence-corrected chi connectivity index (χ3v) is 6.32. The number of nitrogens with zero attached hydrogens (tertiary/aromatic N) is 1. The molecule has 0 saturated heterocycles. The summed E-state index contributed by atoms with van der Waals surface area (Å²) in [4.78, 5) is 41.5. The number of aliphatic hydroxyl groups is 1. The molecule has 0 heterocycles. The van der Waals surface area contributed by atoms with Crippen molar-refractivity contribution in [3.05, 3.63) is 34.9 Å². The highest BCUT2D eigenvalue weighted by Crippen LogP contribution is 2.27. The zero-order chi connectivity index (χ0) is 28.7. The molecule has 0 aromatic heterocycles. The normalized spacial score (nSPS) is 12.9. The first-order valence-corrected chi connectivity index (χ1v) is 14.2. The number of rotatable bonds is 16. The Morgan fingerprint density at radius 2 is 1.61 bits per heavy atom. The predicted octanol–water partition coefficient (Wildman–Crippen LogP) is 5.34. The molecule has 216 valence electrons. The number of carbonyl (C=O) groups excluding carboxylic acids is 3. The van der Waals surface area contributed by atoms with Gasteiger partial charge < -0.3 is 25.4 Å². The number of hydrogen-bond donors (Lipinski definition) is 3. The van der Waals surface area contributed by atoms with E-state index >= 15 is 0 Å². The maximum absolute atomic E-state index is 13.9. The van der Waals surface area contributed by atoms with E-state index in [0.29, 0.717) is 19.5 Å². The van der Waals surface area contributed by atoms with Gasteiger partial charge in [-0.1, -0.05) is 76.1 Å². The molecule has 0 spiro atoms. The molecule has 0 aliphatic rings. The van der Waals surface area contributed by atoms with Crippen molar-refractivity contribution >= 4 is 17.9 Å². The van der Waals surface area contributed by atoms with E-state index in [1.54, 1.807) is 20.8 Å². The molecule has 0 aliphatic carbocycles. The van der Waals surface area contributed by atoms with E-state index in [4.69, 9.17) is 4.74 Å². The second kappa shape index (κ2) is 17.1. The van der Waals surface area contributed by atoms with Crippen LogP contribution < -0.4 is 10.6 Å². The number of benzene rings is 1. The molecule has 0 aliphatic heterocycles. The fourth-order valence-corrected chi connectivity index (χ4v) is 4.35. The van der Waals surface area contributed by atoms with Gasteiger partial charge in [0, 0.05) is 13.1 Å². The Morgan fingerprint density at radius 1 is 0.974 bits per heavy atom. The average molecular weight is 534 g/mol. The SMILES string of the molecule is CCCCCCCN(C(=O)C(CO)NC(=O)OC(C)(C)C)C(C(=O)NCCCCC)c1ccc(C)cc1C. The van der Waals surface area contributed by atoms with Crippen molar-refractivity contribution in [2.24, 2.45) is 0 Å². The van der Waals surface area contributed by atoms with Crippen LogP contribution in [-0.2, 0) is 14.3 Å². The number of aliphatic hydroxyl groups excluding tert-OH is 1. The molecule has 8 nitrogen and oxygen atoms in total. The van der Waals surface area contributed by atoms with E-state index in [-0.39, 0.29) is 5.91 Å². The van der Waals surface area contributed by atoms with Crippen molar-refractivity contribution in [1.82, 2.24) is 15.5 Å². The summed E-state index contributed by atoms with van der Waals surface area (Å²) in [5.74, 6) is -0.772. The lowest BCUT2D eigenvalue weighted by atomic mass is 9.96. The molecule has 8 heteroatoms. The van der Waals surface area contributed by atoms with Crippen LogP contribution in [0.25, 0.3) is 0 Å². The highest BCUT2D eigenvalue weighted by molar-refractivity contribution is 5.92. The van der Waals surface area contributed by atoms with Gasteiger partial charge in [0.1, 0.15) is 17.7 Å². The van der Waals surface area contributed by atoms with Crippen LogP contribution in [0.4, 0.5) is 4.79 Å². The van der Waals surface area contributed by atoms with E-state index in [1.807, 2.05) is 32.0 Å². The van der Waals surface area contributed by atoms with Gasteiger partial charge in [0.25, 0.3) is 0 Å². The zero-order valence-corrected chi connectivity index (χ0v) is 24.7. The summed E-state index contributed by atoms with van der Waals surface area (Å²) in [5.41, 5.74) is 1.94. The second-order valence-corrected chi connectivity index (χ2v) is 11.1. The number of nitrogens with one attached hydrogen (secondary N) is 2. The smallest absolute Gasteiger partial charge is 0.408 e. The van der Waals surface area contributed by atoms with Crippen LogP contribution in [-0.4, -0.2) is 59.3 Å². The number of hydrogen-bond acceptors (Lipinski definition) is 5. The van der Waals surface area contributed by atoms with Crippen LogP contribution in [0.2, 0.25) is 0 Å². The largest absolute Gasteiger partial charge is 0.444 e. The molecule has 38 heavy (non-hydrogen) atoms. The number of alkyl carbamates (subject to hydrolysis) is 1. The zero-order valence-electron chi connectivity index (χ0n) is 24.7. The van der Waals surface area contributed by atoms with Crippen molar-refractivity contribution in [2.75, 3.05) is 19.7 Å². The molecule has 2 atom stereocenters. The lowest BCUT2D eigenvalue weighted by Crippen LogP contribution is -2.54. The van der Waals surface area contributed by atoms with Crippen molar-refractivity contribution in [2.45, 2.75) is 118 Å². The molecule has 3 amide bonds. The third kappa shape index (κ3) is 11.8. The molecule has 0 bridgehead atoms. The van der Waals surface area contributed by atoms with Crippen LogP contribution in [0, 0.1) is 13.8 Å². The molecular formula is C30H51N3O5. The van der Waals surface area contributed by atoms with E-state index in [2.05, 4.69) is 24.5 Å². The first-order valence-electron chi connectivity index (χ1n) is 14.2. The van der Waals surface area contributed by atoms with Crippen molar-refractivity contribution in [1.29, 1.82) is 0 Å². The van der Waals surface area contributed by atoms with Gasteiger partial charge in [-0.05, 0) is 58.6 Å². The summed E-state index contributed by atoms with van der Waals surface area (Å²) in [6.07, 6.45) is 6.96. The summed E-state index contributed by atoms with van der Waals surface area (Å²) in [5, 5.41) is 15.6. The Labute approximate surface area is 229 Å². The molecule has 1 aromatic carbocycles. The lowest BCUT2D eigenvalue weighted by Gasteiger charge is -2.35. The Morgan fingerprint density at radius 3 is 2.18 bits per heavy atom. The highest BCUT2D eigenvalue weighted by Gasteiger charge is 2.36. The van der Waals surface area contributed by atoms with Crippen LogP contribution in [0.15, 0.2) is 18.2 Å². The molecule has 0 saturated carbocycles. The number of ether oxygens (including phenoxy) is 1. The van der Waals surface area contributed by atoms with Crippen molar-refractivity contribution in [3.63, 3.8) is 0 Å². The van der Waals surface area contributed by atoms with E-state index < -0.39 is 36.3 Å². The summed E-state index contributed by atoms with van der Waals surface area (Å²) in [7, 11) is 0. The average Bonchev–Trinajstić information content (AvgIpc) is 2.83. The van der Waals surface area contributed by atoms with E-state index in [1.165, 1.54) is 4.90 Å². The van der Waals surface area contributed by atoms with Crippen LogP contribution >= 0.6 is 0 Å². The summed E-state index contributed by atoms with van der Waals surface area (Å²) < 4.78 is 5.32. The Kier molecular flexibility index (Phi) is 15.0. The Balaban J connectivity index is 3.38. The van der Waals surface area contributed by atoms with Gasteiger partial charge in [-0.2, -0.15) is 0 Å². The van der Waals surface area contributed by atoms with Gasteiger partial charge in [0.2, 0.25) is 11.8 Å². The molecular weight excluding hydrogens is 482 g/mol. The monoisotopic (exact) mass is 533 g/mol. The van der Waals surface area contributed by atoms with Gasteiger partial charge in [-0.3, -0.25) is 9.59 Å². The topological polar surface area (TPSA) is 108 Å². The summed E-state index contributed by atoms with van der Waals surface area (Å²) >= 11 is 0. The van der Waals surface area contributed by atoms with Gasteiger partial charge >= 0.3 is 6.09 Å². The number of unbranched alkanes of at least 4 members (excludes halogenated alkanes) is 6. The fraction of sp³-hybridized carbons (Fsp3) is 0.700. The summed E-state index contributed by atoms with van der Waals surface area (Å²) in [6.45, 7) is 13.6. The lowest BCUT2D eigenvalue weighted by molar-refractivity contribution is -0.143. The van der Waals surface area contributed by atoms with Crippen molar-refractivity contribution < 1.29 is 24.2 Å². The maximum atomic E-state index is 13.9. The molecule has 1 aromatic rings. The summed E-state index contributed by atoms with van der Waals surface area (Å²) in [6, 6.07) is 3.71. The highest BCUT2D eigenvalue weighted by atomic mass is 16.6. The number of amides is 3. The quantitative estimate of drug-likeness (QED) is 0.249. The van der Waals surface area contributed by atoms with Gasteiger partial charge in [0.05, 0.1) is 6.61 Å². The standard InChI is InChI=1S/C30H51N3O5/c1-8-10-12-13-15-19-33(28(36)25(21-34)32-29(37)38-30(5,6)7)26(27(35)31-18-14-11-9-2)24-17-16-22(3)20-23(24)4/h16-17,20,25-26,34H,8-15,18-19,21H2,1-7H3,(H,31,35)(H,32,37). The molecule has 1 rings (SSSR count). The third-order valence-electron chi connectivity index (χ3n) is 6.32. The number of aryl methyl sites for hydroxylation is 2. The van der Waals surface area contributed by atoms with Crippen LogP contribution in [0.1, 0.15) is 109 Å². The predicted molar refractivity (Wildman–Crippen MR) is 152 cm³/mol.